The Labute approximate surface area is 362 Å². The fourth-order valence-electron chi connectivity index (χ4n) is 8.97. The number of nitrogens with zero attached hydrogens (tertiary/aromatic N) is 2. The molecule has 0 fully saturated rings. The number of rotatable bonds is 6. The fourth-order valence-corrected chi connectivity index (χ4v) is 10.1. The van der Waals surface area contributed by atoms with Gasteiger partial charge in [-0.2, -0.15) is 0 Å². The molecule has 2 aromatic heterocycles. The smallest absolute Gasteiger partial charge is 0.134 e. The SMILES string of the molecule is CC(C)(C)c1cc(C2Nc3c(-c4cc(-c5ccccn5)cc5sc6ccccc6c45)cccc3N2c2ccc(-c3ccccc3)cc2-c2ccccc2)c(O)c(C(C)(C)C)c1. The van der Waals surface area contributed by atoms with Gasteiger partial charge in [0, 0.05) is 48.6 Å². The number of aromatic hydroxyl groups is 1. The molecule has 0 bridgehead atoms. The van der Waals surface area contributed by atoms with Gasteiger partial charge >= 0.3 is 0 Å². The molecular formula is C56H49N3OS. The number of benzene rings is 7. The Kier molecular flexibility index (Phi) is 9.34. The monoisotopic (exact) mass is 811 g/mol. The van der Waals surface area contributed by atoms with Crippen molar-refractivity contribution in [1.29, 1.82) is 0 Å². The number of hydrogen-bond acceptors (Lipinski definition) is 5. The van der Waals surface area contributed by atoms with Gasteiger partial charge in [-0.25, -0.2) is 0 Å². The number of anilines is 3. The summed E-state index contributed by atoms with van der Waals surface area (Å²) in [4.78, 5) is 7.23. The van der Waals surface area contributed by atoms with Crippen LogP contribution in [0.2, 0.25) is 0 Å². The third-order valence-electron chi connectivity index (χ3n) is 12.1. The Morgan fingerprint density at radius 3 is 1.98 bits per heavy atom. The Morgan fingerprint density at radius 1 is 0.557 bits per heavy atom. The van der Waals surface area contributed by atoms with E-state index in [1.807, 2.05) is 23.6 Å². The highest BCUT2D eigenvalue weighted by molar-refractivity contribution is 7.26. The number of nitrogens with one attached hydrogen (secondary N) is 1. The number of phenolic OH excluding ortho intramolecular Hbond substituents is 1. The van der Waals surface area contributed by atoms with Gasteiger partial charge in [0.15, 0.2) is 0 Å². The Bertz CT molecular complexity index is 3090. The first-order valence-corrected chi connectivity index (χ1v) is 21.9. The van der Waals surface area contributed by atoms with E-state index in [0.29, 0.717) is 5.75 Å². The molecule has 3 heterocycles. The van der Waals surface area contributed by atoms with Crippen LogP contribution in [-0.4, -0.2) is 10.1 Å². The van der Waals surface area contributed by atoms with Crippen LogP contribution in [0, 0.1) is 0 Å². The predicted octanol–water partition coefficient (Wildman–Crippen LogP) is 15.7. The lowest BCUT2D eigenvalue weighted by molar-refractivity contribution is 0.435. The van der Waals surface area contributed by atoms with Gasteiger partial charge in [0.05, 0.1) is 22.8 Å². The summed E-state index contributed by atoms with van der Waals surface area (Å²) in [6, 6.07) is 58.7. The van der Waals surface area contributed by atoms with E-state index in [2.05, 4.69) is 209 Å². The van der Waals surface area contributed by atoms with Gasteiger partial charge in [0.2, 0.25) is 0 Å². The summed E-state index contributed by atoms with van der Waals surface area (Å²) in [6.45, 7) is 13.3. The van der Waals surface area contributed by atoms with Crippen molar-refractivity contribution in [2.75, 3.05) is 10.2 Å². The first-order chi connectivity index (χ1) is 29.4. The Morgan fingerprint density at radius 2 is 1.26 bits per heavy atom. The van der Waals surface area contributed by atoms with Crippen LogP contribution in [0.1, 0.15) is 64.4 Å². The van der Waals surface area contributed by atoms with Crippen molar-refractivity contribution in [3.63, 3.8) is 0 Å². The average molecular weight is 812 g/mol. The minimum absolute atomic E-state index is 0.159. The summed E-state index contributed by atoms with van der Waals surface area (Å²) >= 11 is 1.82. The van der Waals surface area contributed by atoms with Crippen LogP contribution < -0.4 is 10.2 Å². The van der Waals surface area contributed by atoms with Crippen LogP contribution >= 0.6 is 11.3 Å². The zero-order valence-corrected chi connectivity index (χ0v) is 36.3. The fraction of sp³-hybridized carbons (Fsp3) is 0.161. The first-order valence-electron chi connectivity index (χ1n) is 21.1. The van der Waals surface area contributed by atoms with E-state index in [1.54, 1.807) is 0 Å². The average Bonchev–Trinajstić information content (AvgIpc) is 3.85. The summed E-state index contributed by atoms with van der Waals surface area (Å²) in [7, 11) is 0. The van der Waals surface area contributed by atoms with E-state index in [-0.39, 0.29) is 10.8 Å². The highest BCUT2D eigenvalue weighted by Crippen LogP contribution is 2.56. The summed E-state index contributed by atoms with van der Waals surface area (Å²) in [6.07, 6.45) is 1.42. The molecule has 1 aliphatic heterocycles. The van der Waals surface area contributed by atoms with Crippen molar-refractivity contribution < 1.29 is 5.11 Å². The van der Waals surface area contributed by atoms with Crippen molar-refractivity contribution in [2.45, 2.75) is 58.5 Å². The van der Waals surface area contributed by atoms with Crippen molar-refractivity contribution >= 4 is 48.6 Å². The van der Waals surface area contributed by atoms with Crippen molar-refractivity contribution in [1.82, 2.24) is 4.98 Å². The zero-order valence-electron chi connectivity index (χ0n) is 35.5. The van der Waals surface area contributed by atoms with E-state index in [0.717, 1.165) is 72.8 Å². The molecule has 5 heteroatoms. The molecule has 61 heavy (non-hydrogen) atoms. The van der Waals surface area contributed by atoms with Crippen LogP contribution in [0.4, 0.5) is 17.1 Å². The maximum absolute atomic E-state index is 12.6. The van der Waals surface area contributed by atoms with Crippen LogP contribution in [0.25, 0.3) is 64.8 Å². The molecule has 0 radical (unpaired) electrons. The number of thiophene rings is 1. The van der Waals surface area contributed by atoms with E-state index in [4.69, 9.17) is 4.98 Å². The third-order valence-corrected chi connectivity index (χ3v) is 13.2. The number of fused-ring (bicyclic) bond motifs is 4. The second-order valence-electron chi connectivity index (χ2n) is 18.3. The molecule has 0 amide bonds. The quantitative estimate of drug-likeness (QED) is 0.176. The Hall–Kier alpha value is -6.69. The molecule has 9 aromatic rings. The number of para-hydroxylation sites is 1. The highest BCUT2D eigenvalue weighted by atomic mass is 32.1. The molecule has 0 spiro atoms. The standard InChI is InChI=1S/C56H49N3OS/c1-55(2,3)39-33-44(53(60)45(34-39)56(4,5)6)54-58-52-40(43-31-38(46-24-15-16-29-57-46)32-50-51(43)41-22-13-14-26-49(41)61-50)23-17-25-48(52)59(54)47-28-27-37(35-18-9-7-10-19-35)30-42(47)36-20-11-8-12-21-36/h7-34,54,58,60H,1-6H3. The Balaban J connectivity index is 1.27. The van der Waals surface area contributed by atoms with Gasteiger partial charge in [-0.15, -0.1) is 11.3 Å². The second-order valence-corrected chi connectivity index (χ2v) is 19.3. The molecule has 300 valence electrons. The van der Waals surface area contributed by atoms with Gasteiger partial charge in [-0.1, -0.05) is 151 Å². The van der Waals surface area contributed by atoms with Gasteiger partial charge in [0.1, 0.15) is 11.9 Å². The molecule has 0 aliphatic carbocycles. The maximum atomic E-state index is 12.6. The lowest BCUT2D eigenvalue weighted by atomic mass is 9.78. The van der Waals surface area contributed by atoms with Crippen LogP contribution in [-0.2, 0) is 10.8 Å². The summed E-state index contributed by atoms with van der Waals surface area (Å²) in [5.74, 6) is 0.322. The number of aromatic nitrogens is 1. The topological polar surface area (TPSA) is 48.4 Å². The molecule has 0 saturated carbocycles. The molecule has 1 aliphatic rings. The van der Waals surface area contributed by atoms with E-state index in [9.17, 15) is 5.11 Å². The second kappa shape index (κ2) is 14.8. The van der Waals surface area contributed by atoms with Crippen molar-refractivity contribution in [3.8, 4) is 50.4 Å². The number of hydrogen-bond donors (Lipinski definition) is 2. The largest absolute Gasteiger partial charge is 0.507 e. The summed E-state index contributed by atoms with van der Waals surface area (Å²) in [5, 5.41) is 19.2. The molecule has 0 saturated heterocycles. The molecule has 1 atom stereocenters. The van der Waals surface area contributed by atoms with Gasteiger partial charge < -0.3 is 15.3 Å². The molecule has 1 unspecified atom stereocenters. The van der Waals surface area contributed by atoms with Gasteiger partial charge in [-0.3, -0.25) is 4.98 Å². The minimum Gasteiger partial charge on any atom is -0.507 e. The highest BCUT2D eigenvalue weighted by Gasteiger charge is 2.38. The molecule has 2 N–H and O–H groups in total. The summed E-state index contributed by atoms with van der Waals surface area (Å²) in [5.41, 5.74) is 14.4. The molecular weight excluding hydrogens is 763 g/mol. The maximum Gasteiger partial charge on any atom is 0.134 e. The number of pyridine rings is 1. The van der Waals surface area contributed by atoms with Crippen LogP contribution in [0.15, 0.2) is 170 Å². The van der Waals surface area contributed by atoms with Gasteiger partial charge in [0.25, 0.3) is 0 Å². The van der Waals surface area contributed by atoms with E-state index in [1.165, 1.54) is 25.7 Å². The molecule has 10 rings (SSSR count). The lowest BCUT2D eigenvalue weighted by Crippen LogP contribution is -2.26. The van der Waals surface area contributed by atoms with E-state index >= 15 is 0 Å². The van der Waals surface area contributed by atoms with E-state index < -0.39 is 6.17 Å². The summed E-state index contributed by atoms with van der Waals surface area (Å²) < 4.78 is 2.47. The third kappa shape index (κ3) is 6.83. The predicted molar refractivity (Wildman–Crippen MR) is 259 cm³/mol. The zero-order chi connectivity index (χ0) is 42.0. The van der Waals surface area contributed by atoms with Crippen molar-refractivity contribution in [2.24, 2.45) is 0 Å². The minimum atomic E-state index is -0.446. The van der Waals surface area contributed by atoms with Crippen molar-refractivity contribution in [3.05, 3.63) is 187 Å². The van der Waals surface area contributed by atoms with Gasteiger partial charge in [-0.05, 0) is 98.8 Å². The first kappa shape index (κ1) is 38.5. The lowest BCUT2D eigenvalue weighted by Gasteiger charge is -2.33. The molecule has 7 aromatic carbocycles. The molecule has 4 nitrogen and oxygen atoms in total. The van der Waals surface area contributed by atoms with Crippen LogP contribution in [0.5, 0.6) is 5.75 Å². The number of phenols is 1. The van der Waals surface area contributed by atoms with Crippen LogP contribution in [0.3, 0.4) is 0 Å². The normalized spacial score (nSPS) is 14.1.